The van der Waals surface area contributed by atoms with Crippen molar-refractivity contribution in [2.24, 2.45) is 11.3 Å². The van der Waals surface area contributed by atoms with E-state index in [1.807, 2.05) is 20.8 Å². The highest BCUT2D eigenvalue weighted by atomic mass is 17.2. The van der Waals surface area contributed by atoms with Crippen molar-refractivity contribution >= 4 is 11.9 Å². The monoisotopic (exact) mass is 454 g/mol. The van der Waals surface area contributed by atoms with Crippen LogP contribution in [-0.2, 0) is 19.4 Å². The molecule has 0 radical (unpaired) electrons. The molecule has 0 aromatic heterocycles. The summed E-state index contributed by atoms with van der Waals surface area (Å²) in [5.74, 6) is -1.08. The maximum atomic E-state index is 12.6. The Kier molecular flexibility index (Phi) is 19.9. The molecule has 0 aliphatic rings. The van der Waals surface area contributed by atoms with Crippen LogP contribution in [0, 0.1) is 11.3 Å². The molecule has 0 aliphatic carbocycles. The molecule has 4 nitrogen and oxygen atoms in total. The van der Waals surface area contributed by atoms with Crippen LogP contribution < -0.4 is 0 Å². The first-order valence-electron chi connectivity index (χ1n) is 13.7. The number of unbranched alkanes of at least 4 members (excludes halogenated alkanes) is 15. The van der Waals surface area contributed by atoms with E-state index in [4.69, 9.17) is 9.78 Å². The topological polar surface area (TPSA) is 52.6 Å². The Bertz CT molecular complexity index is 453. The van der Waals surface area contributed by atoms with Crippen molar-refractivity contribution in [1.29, 1.82) is 0 Å². The molecule has 0 bridgehead atoms. The van der Waals surface area contributed by atoms with Gasteiger partial charge in [0, 0.05) is 0 Å². The first-order chi connectivity index (χ1) is 15.3. The highest BCUT2D eigenvalue weighted by Crippen LogP contribution is 2.32. The van der Waals surface area contributed by atoms with Crippen molar-refractivity contribution in [3.05, 3.63) is 0 Å². The minimum atomic E-state index is -0.430. The van der Waals surface area contributed by atoms with Gasteiger partial charge in [0.15, 0.2) is 0 Å². The van der Waals surface area contributed by atoms with Crippen LogP contribution in [0.25, 0.3) is 0 Å². The largest absolute Gasteiger partial charge is 0.359 e. The quantitative estimate of drug-likeness (QED) is 0.104. The van der Waals surface area contributed by atoms with Gasteiger partial charge in [-0.25, -0.2) is 19.4 Å². The second kappa shape index (κ2) is 20.5. The Hall–Kier alpha value is -1.06. The molecule has 0 rings (SSSR count). The maximum Gasteiger partial charge on any atom is 0.359 e. The summed E-state index contributed by atoms with van der Waals surface area (Å²) in [6, 6.07) is 0. The minimum absolute atomic E-state index is 0.207. The van der Waals surface area contributed by atoms with Crippen molar-refractivity contribution in [3.8, 4) is 0 Å². The Morgan fingerprint density at radius 2 is 1.00 bits per heavy atom. The van der Waals surface area contributed by atoms with E-state index in [1.54, 1.807) is 0 Å². The zero-order chi connectivity index (χ0) is 24.1. The normalized spacial score (nSPS) is 12.5. The van der Waals surface area contributed by atoms with Crippen LogP contribution in [0.5, 0.6) is 0 Å². The number of hydrogen-bond donors (Lipinski definition) is 0. The number of carbonyl (C=O) groups excluding carboxylic acids is 2. The predicted molar refractivity (Wildman–Crippen MR) is 134 cm³/mol. The van der Waals surface area contributed by atoms with Crippen LogP contribution in [0.2, 0.25) is 0 Å². The second-order valence-electron chi connectivity index (χ2n) is 10.6. The third-order valence-electron chi connectivity index (χ3n) is 6.38. The second-order valence-corrected chi connectivity index (χ2v) is 10.6. The molecule has 0 saturated heterocycles. The lowest BCUT2D eigenvalue weighted by Crippen LogP contribution is -2.31. The lowest BCUT2D eigenvalue weighted by molar-refractivity contribution is -0.264. The Morgan fingerprint density at radius 1 is 0.594 bits per heavy atom. The zero-order valence-corrected chi connectivity index (χ0v) is 22.1. The molecule has 1 unspecified atom stereocenters. The van der Waals surface area contributed by atoms with Crippen LogP contribution in [0.3, 0.4) is 0 Å². The minimum Gasteiger partial charge on any atom is -0.247 e. The smallest absolute Gasteiger partial charge is 0.247 e. The Labute approximate surface area is 199 Å². The molecule has 0 saturated carbocycles. The summed E-state index contributed by atoms with van der Waals surface area (Å²) in [5.41, 5.74) is -0.207. The summed E-state index contributed by atoms with van der Waals surface area (Å²) < 4.78 is 0. The first kappa shape index (κ1) is 30.9. The van der Waals surface area contributed by atoms with Gasteiger partial charge < -0.3 is 0 Å². The molecule has 32 heavy (non-hydrogen) atoms. The van der Waals surface area contributed by atoms with Gasteiger partial charge in [-0.05, 0) is 18.3 Å². The van der Waals surface area contributed by atoms with E-state index in [-0.39, 0.29) is 11.3 Å². The van der Waals surface area contributed by atoms with E-state index < -0.39 is 11.9 Å². The SMILES string of the molecule is CCCCCCCCCCCC(=O)OOC(=O)C(CCCCCCCCCC)C(C)(C)C. The lowest BCUT2D eigenvalue weighted by atomic mass is 9.78. The first-order valence-corrected chi connectivity index (χ1v) is 13.7. The molecule has 4 heteroatoms. The van der Waals surface area contributed by atoms with E-state index in [9.17, 15) is 9.59 Å². The van der Waals surface area contributed by atoms with Crippen molar-refractivity contribution in [2.45, 2.75) is 157 Å². The lowest BCUT2D eigenvalue weighted by Gasteiger charge is -2.27. The van der Waals surface area contributed by atoms with Crippen molar-refractivity contribution in [3.63, 3.8) is 0 Å². The van der Waals surface area contributed by atoms with E-state index in [2.05, 4.69) is 13.8 Å². The van der Waals surface area contributed by atoms with Gasteiger partial charge in [-0.2, -0.15) is 0 Å². The van der Waals surface area contributed by atoms with Gasteiger partial charge in [0.1, 0.15) is 0 Å². The summed E-state index contributed by atoms with van der Waals surface area (Å²) in [6.45, 7) is 10.6. The van der Waals surface area contributed by atoms with Gasteiger partial charge in [0.2, 0.25) is 0 Å². The average Bonchev–Trinajstić information content (AvgIpc) is 2.74. The summed E-state index contributed by atoms with van der Waals surface area (Å²) in [6.07, 6.45) is 21.8. The molecule has 1 atom stereocenters. The van der Waals surface area contributed by atoms with Crippen molar-refractivity contribution in [1.82, 2.24) is 0 Å². The fourth-order valence-corrected chi connectivity index (χ4v) is 4.15. The molecule has 0 aromatic carbocycles. The van der Waals surface area contributed by atoms with Crippen LogP contribution in [0.4, 0.5) is 0 Å². The van der Waals surface area contributed by atoms with Crippen LogP contribution in [-0.4, -0.2) is 11.9 Å². The molecule has 0 N–H and O–H groups in total. The van der Waals surface area contributed by atoms with Crippen LogP contribution >= 0.6 is 0 Å². The number of rotatable bonds is 20. The van der Waals surface area contributed by atoms with Crippen molar-refractivity contribution < 1.29 is 19.4 Å². The van der Waals surface area contributed by atoms with Crippen LogP contribution in [0.1, 0.15) is 157 Å². The summed E-state index contributed by atoms with van der Waals surface area (Å²) >= 11 is 0. The highest BCUT2D eigenvalue weighted by molar-refractivity contribution is 5.75. The number of hydrogen-bond acceptors (Lipinski definition) is 4. The molecule has 0 aromatic rings. The predicted octanol–water partition coefficient (Wildman–Crippen LogP) is 9.10. The molecule has 0 spiro atoms. The van der Waals surface area contributed by atoms with Gasteiger partial charge in [-0.3, -0.25) is 0 Å². The van der Waals surface area contributed by atoms with E-state index in [0.29, 0.717) is 6.42 Å². The molecule has 0 heterocycles. The fourth-order valence-electron chi connectivity index (χ4n) is 4.15. The Morgan fingerprint density at radius 3 is 1.44 bits per heavy atom. The molecule has 0 amide bonds. The third-order valence-corrected chi connectivity index (χ3v) is 6.38. The van der Waals surface area contributed by atoms with Gasteiger partial charge in [-0.15, -0.1) is 0 Å². The Balaban J connectivity index is 3.95. The van der Waals surface area contributed by atoms with Gasteiger partial charge in [0.05, 0.1) is 12.3 Å². The zero-order valence-electron chi connectivity index (χ0n) is 22.1. The van der Waals surface area contributed by atoms with E-state index >= 15 is 0 Å². The molecular weight excluding hydrogens is 400 g/mol. The highest BCUT2D eigenvalue weighted by Gasteiger charge is 2.33. The third kappa shape index (κ3) is 18.5. The molecular formula is C28H54O4. The van der Waals surface area contributed by atoms with Crippen LogP contribution in [0.15, 0.2) is 0 Å². The van der Waals surface area contributed by atoms with Gasteiger partial charge in [-0.1, -0.05) is 137 Å². The maximum absolute atomic E-state index is 12.6. The summed E-state index contributed by atoms with van der Waals surface area (Å²) in [5, 5.41) is 0. The van der Waals surface area contributed by atoms with E-state index in [1.165, 1.54) is 77.0 Å². The van der Waals surface area contributed by atoms with E-state index in [0.717, 1.165) is 38.5 Å². The summed E-state index contributed by atoms with van der Waals surface area (Å²) in [7, 11) is 0. The van der Waals surface area contributed by atoms with Crippen molar-refractivity contribution in [2.75, 3.05) is 0 Å². The average molecular weight is 455 g/mol. The molecule has 0 aliphatic heterocycles. The van der Waals surface area contributed by atoms with Gasteiger partial charge >= 0.3 is 11.9 Å². The molecule has 190 valence electrons. The number of carbonyl (C=O) groups is 2. The standard InChI is InChI=1S/C28H54O4/c1-6-8-10-12-14-16-18-20-22-24-26(29)31-32-27(30)25(28(3,4)5)23-21-19-17-15-13-11-9-7-2/h25H,6-24H2,1-5H3. The summed E-state index contributed by atoms with van der Waals surface area (Å²) in [4.78, 5) is 34.3. The van der Waals surface area contributed by atoms with Gasteiger partial charge in [0.25, 0.3) is 0 Å². The molecule has 0 fully saturated rings. The fraction of sp³-hybridized carbons (Fsp3) is 0.929.